The molecule has 12 nitrogen and oxygen atoms in total. The Morgan fingerprint density at radius 3 is 2.16 bits per heavy atom. The number of fused-ring (bicyclic) bond motifs is 1. The minimum atomic E-state index is -0.717. The molecular weight excluding hydrogens is 590 g/mol. The molecule has 0 radical (unpaired) electrons. The lowest BCUT2D eigenvalue weighted by Crippen LogP contribution is -3.00. The number of esters is 1. The first kappa shape index (κ1) is 31.7. The molecule has 0 unspecified atom stereocenters. The molecular formula is C31H29ClN5O7-. The number of hydrogen-bond donors (Lipinski definition) is 0. The van der Waals surface area contributed by atoms with E-state index in [1.807, 2.05) is 13.0 Å². The third-order valence-corrected chi connectivity index (χ3v) is 6.74. The Hall–Kier alpha value is -5.23. The minimum absolute atomic E-state index is 0. The van der Waals surface area contributed by atoms with Gasteiger partial charge in [-0.2, -0.15) is 0 Å². The van der Waals surface area contributed by atoms with Crippen LogP contribution < -0.4 is 36.9 Å². The van der Waals surface area contributed by atoms with E-state index < -0.39 is 11.5 Å². The Morgan fingerprint density at radius 1 is 0.864 bits per heavy atom. The van der Waals surface area contributed by atoms with Gasteiger partial charge in [-0.15, -0.1) is 0 Å². The molecule has 0 aliphatic heterocycles. The van der Waals surface area contributed by atoms with Crippen molar-refractivity contribution >= 4 is 16.7 Å². The molecule has 0 spiro atoms. The van der Waals surface area contributed by atoms with E-state index in [1.165, 1.54) is 39.2 Å². The van der Waals surface area contributed by atoms with Crippen LogP contribution in [0.4, 0.5) is 0 Å². The fourth-order valence-corrected chi connectivity index (χ4v) is 4.87. The number of halogens is 1. The summed E-state index contributed by atoms with van der Waals surface area (Å²) in [6.45, 7) is 1.85. The Morgan fingerprint density at radius 2 is 1.55 bits per heavy atom. The predicted molar refractivity (Wildman–Crippen MR) is 157 cm³/mol. The van der Waals surface area contributed by atoms with Crippen molar-refractivity contribution in [3.63, 3.8) is 0 Å². The summed E-state index contributed by atoms with van der Waals surface area (Å²) < 4.78 is 29.3. The van der Waals surface area contributed by atoms with Crippen LogP contribution in [0.3, 0.4) is 0 Å². The third kappa shape index (κ3) is 6.11. The number of rotatable bonds is 10. The van der Waals surface area contributed by atoms with E-state index in [0.717, 1.165) is 11.3 Å². The molecule has 5 aromatic rings. The third-order valence-electron chi connectivity index (χ3n) is 6.74. The monoisotopic (exact) mass is 618 g/mol. The van der Waals surface area contributed by atoms with Crippen LogP contribution in [0, 0.1) is 6.92 Å². The number of aryl methyl sites for hydroxylation is 1. The van der Waals surface area contributed by atoms with Gasteiger partial charge in [0.1, 0.15) is 17.7 Å². The molecule has 13 heteroatoms. The van der Waals surface area contributed by atoms with Crippen molar-refractivity contribution in [1.29, 1.82) is 0 Å². The molecule has 0 amide bonds. The van der Waals surface area contributed by atoms with Crippen molar-refractivity contribution in [3.05, 3.63) is 94.3 Å². The molecule has 4 heterocycles. The number of aromatic nitrogens is 5. The van der Waals surface area contributed by atoms with Gasteiger partial charge in [0.25, 0.3) is 5.56 Å². The SMILES string of the molecule is COC(=O)c1c(-c2cc(OC)c(OC)c(OC)c2)c2ccnc(OCc3ncccn3)c2c(=O)n1Cc1ccnc(C)c1.[Cl-]. The molecule has 0 saturated carbocycles. The topological polar surface area (TPSA) is 137 Å². The number of hydrogen-bond acceptors (Lipinski definition) is 11. The van der Waals surface area contributed by atoms with E-state index in [9.17, 15) is 9.59 Å². The number of carbonyl (C=O) groups is 1. The summed E-state index contributed by atoms with van der Waals surface area (Å²) in [5, 5.41) is 0.557. The van der Waals surface area contributed by atoms with Crippen LogP contribution in [-0.4, -0.2) is 58.9 Å². The molecule has 0 atom stereocenters. The van der Waals surface area contributed by atoms with E-state index in [4.69, 9.17) is 23.7 Å². The second-order valence-electron chi connectivity index (χ2n) is 9.32. The van der Waals surface area contributed by atoms with Crippen LogP contribution >= 0.6 is 0 Å². The van der Waals surface area contributed by atoms with Gasteiger partial charge in [-0.25, -0.2) is 19.7 Å². The van der Waals surface area contributed by atoms with Gasteiger partial charge in [-0.1, -0.05) is 0 Å². The number of carbonyl (C=O) groups excluding carboxylic acids is 1. The molecule has 0 aliphatic rings. The predicted octanol–water partition coefficient (Wildman–Crippen LogP) is 1.00. The lowest BCUT2D eigenvalue weighted by atomic mass is 9.96. The summed E-state index contributed by atoms with van der Waals surface area (Å²) in [6.07, 6.45) is 6.33. The maximum atomic E-state index is 14.3. The standard InChI is InChI=1S/C31H29N5O7.ClH/c1-18-13-19(7-11-32-18)16-36-27(31(38)42-5)25(20-14-22(39-2)28(41-4)23(15-20)40-3)21-8-12-35-29(26(21)30(36)37)43-17-24-33-9-6-10-34-24;/h6-15H,16-17H2,1-5H3;1H/p-1. The first-order valence-electron chi connectivity index (χ1n) is 13.1. The van der Waals surface area contributed by atoms with Crippen LogP contribution in [0.5, 0.6) is 23.1 Å². The number of nitrogens with zero attached hydrogens (tertiary/aromatic N) is 5. The van der Waals surface area contributed by atoms with Gasteiger partial charge < -0.3 is 36.1 Å². The maximum Gasteiger partial charge on any atom is 0.355 e. The molecule has 0 fully saturated rings. The Balaban J connectivity index is 0.00000442. The number of pyridine rings is 3. The summed E-state index contributed by atoms with van der Waals surface area (Å²) in [4.78, 5) is 44.9. The average molecular weight is 619 g/mol. The van der Waals surface area contributed by atoms with Gasteiger partial charge in [0.15, 0.2) is 17.3 Å². The van der Waals surface area contributed by atoms with E-state index in [-0.39, 0.29) is 42.5 Å². The summed E-state index contributed by atoms with van der Waals surface area (Å²) in [7, 11) is 5.75. The molecule has 0 N–H and O–H groups in total. The van der Waals surface area contributed by atoms with E-state index >= 15 is 0 Å². The van der Waals surface area contributed by atoms with Crippen molar-refractivity contribution in [3.8, 4) is 34.3 Å². The Bertz CT molecular complexity index is 1840. The van der Waals surface area contributed by atoms with Gasteiger partial charge in [0, 0.05) is 41.4 Å². The van der Waals surface area contributed by atoms with E-state index in [1.54, 1.807) is 48.9 Å². The zero-order valence-electron chi connectivity index (χ0n) is 24.7. The summed E-state index contributed by atoms with van der Waals surface area (Å²) in [5.41, 5.74) is 1.91. The molecule has 5 rings (SSSR count). The average Bonchev–Trinajstić information content (AvgIpc) is 3.04. The smallest absolute Gasteiger partial charge is 0.355 e. The molecule has 0 saturated heterocycles. The number of benzene rings is 1. The highest BCUT2D eigenvalue weighted by molar-refractivity contribution is 6.08. The van der Waals surface area contributed by atoms with Crippen molar-refractivity contribution in [2.45, 2.75) is 20.1 Å². The first-order chi connectivity index (χ1) is 20.9. The van der Waals surface area contributed by atoms with Gasteiger partial charge in [0.05, 0.1) is 35.0 Å². The number of methoxy groups -OCH3 is 4. The van der Waals surface area contributed by atoms with E-state index in [0.29, 0.717) is 39.6 Å². The second kappa shape index (κ2) is 13.8. The molecule has 0 bridgehead atoms. The summed E-state index contributed by atoms with van der Waals surface area (Å²) >= 11 is 0. The molecule has 228 valence electrons. The first-order valence-corrected chi connectivity index (χ1v) is 13.1. The second-order valence-corrected chi connectivity index (χ2v) is 9.32. The molecule has 0 aliphatic carbocycles. The zero-order valence-corrected chi connectivity index (χ0v) is 25.4. The highest BCUT2D eigenvalue weighted by atomic mass is 35.5. The minimum Gasteiger partial charge on any atom is -1.00 e. The van der Waals surface area contributed by atoms with Gasteiger partial charge >= 0.3 is 5.97 Å². The summed E-state index contributed by atoms with van der Waals surface area (Å²) in [5.74, 6) is 0.826. The largest absolute Gasteiger partial charge is 1.00 e. The summed E-state index contributed by atoms with van der Waals surface area (Å²) in [6, 6.07) is 10.4. The van der Waals surface area contributed by atoms with Crippen LogP contribution in [0.15, 0.2) is 66.0 Å². The normalized spacial score (nSPS) is 10.6. The molecule has 44 heavy (non-hydrogen) atoms. The fraction of sp³-hybridized carbons (Fsp3) is 0.226. The lowest BCUT2D eigenvalue weighted by Gasteiger charge is -2.21. The van der Waals surface area contributed by atoms with E-state index in [2.05, 4.69) is 19.9 Å². The lowest BCUT2D eigenvalue weighted by molar-refractivity contribution is -0.0000249. The Kier molecular flexibility index (Phi) is 9.96. The van der Waals surface area contributed by atoms with Gasteiger partial charge in [-0.3, -0.25) is 14.3 Å². The fourth-order valence-electron chi connectivity index (χ4n) is 4.87. The van der Waals surface area contributed by atoms with Crippen LogP contribution in [0.2, 0.25) is 0 Å². The highest BCUT2D eigenvalue weighted by Crippen LogP contribution is 2.44. The van der Waals surface area contributed by atoms with Crippen molar-refractivity contribution in [1.82, 2.24) is 24.5 Å². The van der Waals surface area contributed by atoms with Crippen molar-refractivity contribution in [2.24, 2.45) is 0 Å². The highest BCUT2D eigenvalue weighted by Gasteiger charge is 2.28. The van der Waals surface area contributed by atoms with Crippen LogP contribution in [0.25, 0.3) is 21.9 Å². The van der Waals surface area contributed by atoms with Crippen molar-refractivity contribution in [2.75, 3.05) is 28.4 Å². The van der Waals surface area contributed by atoms with Crippen LogP contribution in [0.1, 0.15) is 27.6 Å². The zero-order chi connectivity index (χ0) is 30.5. The van der Waals surface area contributed by atoms with Crippen molar-refractivity contribution < 1.29 is 40.9 Å². The van der Waals surface area contributed by atoms with Gasteiger partial charge in [-0.05, 0) is 54.4 Å². The molecule has 4 aromatic heterocycles. The Labute approximate surface area is 259 Å². The van der Waals surface area contributed by atoms with Gasteiger partial charge in [0.2, 0.25) is 11.6 Å². The van der Waals surface area contributed by atoms with Crippen LogP contribution in [-0.2, 0) is 17.9 Å². The maximum absolute atomic E-state index is 14.3. The number of ether oxygens (including phenoxy) is 5. The quantitative estimate of drug-likeness (QED) is 0.207. The molecule has 1 aromatic carbocycles.